The van der Waals surface area contributed by atoms with Crippen molar-refractivity contribution in [3.05, 3.63) is 36.1 Å². The van der Waals surface area contributed by atoms with Crippen LogP contribution in [0.1, 0.15) is 17.3 Å². The van der Waals surface area contributed by atoms with Crippen LogP contribution in [0, 0.1) is 0 Å². The molecule has 1 amide bonds. The lowest BCUT2D eigenvalue weighted by atomic mass is 10.1. The van der Waals surface area contributed by atoms with E-state index in [1.54, 1.807) is 11.9 Å². The monoisotopic (exact) mass is 232 g/mol. The highest BCUT2D eigenvalue weighted by Crippen LogP contribution is 2.22. The molecule has 1 heterocycles. The fourth-order valence-corrected chi connectivity index (χ4v) is 1.69. The van der Waals surface area contributed by atoms with E-state index in [0.29, 0.717) is 12.1 Å². The van der Waals surface area contributed by atoms with Crippen molar-refractivity contribution in [1.82, 2.24) is 4.90 Å². The molecule has 2 aromatic rings. The Kier molecular flexibility index (Phi) is 3.15. The van der Waals surface area contributed by atoms with Crippen molar-refractivity contribution in [3.63, 3.8) is 0 Å². The molecule has 0 bridgehead atoms. The normalized spacial score (nSPS) is 12.6. The van der Waals surface area contributed by atoms with E-state index in [-0.39, 0.29) is 11.9 Å². The third-order valence-electron chi connectivity index (χ3n) is 3.03. The van der Waals surface area contributed by atoms with Gasteiger partial charge in [0, 0.05) is 25.0 Å². The molecule has 0 fully saturated rings. The Morgan fingerprint density at radius 3 is 2.88 bits per heavy atom. The minimum Gasteiger partial charge on any atom is -0.463 e. The van der Waals surface area contributed by atoms with E-state index in [4.69, 9.17) is 10.2 Å². The first kappa shape index (κ1) is 11.7. The predicted octanol–water partition coefficient (Wildman–Crippen LogP) is 1.85. The zero-order valence-corrected chi connectivity index (χ0v) is 10.0. The summed E-state index contributed by atoms with van der Waals surface area (Å²) in [4.78, 5) is 13.9. The van der Waals surface area contributed by atoms with Crippen LogP contribution < -0.4 is 5.73 Å². The van der Waals surface area contributed by atoms with Crippen LogP contribution in [0.15, 0.2) is 34.9 Å². The van der Waals surface area contributed by atoms with Gasteiger partial charge in [0.1, 0.15) is 11.8 Å². The van der Waals surface area contributed by atoms with E-state index in [9.17, 15) is 4.79 Å². The van der Waals surface area contributed by atoms with Gasteiger partial charge in [0.15, 0.2) is 0 Å². The molecule has 2 N–H and O–H groups in total. The maximum atomic E-state index is 12.2. The number of hydrogen-bond donors (Lipinski definition) is 1. The van der Waals surface area contributed by atoms with Gasteiger partial charge in [-0.15, -0.1) is 0 Å². The Hall–Kier alpha value is -1.81. The number of hydrogen-bond acceptors (Lipinski definition) is 3. The van der Waals surface area contributed by atoms with E-state index in [2.05, 4.69) is 0 Å². The first-order valence-corrected chi connectivity index (χ1v) is 5.58. The molecule has 0 aliphatic carbocycles. The number of para-hydroxylation sites is 1. The van der Waals surface area contributed by atoms with Gasteiger partial charge in [0.2, 0.25) is 0 Å². The van der Waals surface area contributed by atoms with Gasteiger partial charge in [-0.1, -0.05) is 18.2 Å². The highest BCUT2D eigenvalue weighted by molar-refractivity contribution is 6.05. The van der Waals surface area contributed by atoms with Crippen molar-refractivity contribution in [2.75, 3.05) is 13.6 Å². The van der Waals surface area contributed by atoms with Crippen LogP contribution in [0.4, 0.5) is 0 Å². The van der Waals surface area contributed by atoms with Crippen LogP contribution in [0.2, 0.25) is 0 Å². The Balaban J connectivity index is 2.37. The van der Waals surface area contributed by atoms with E-state index in [0.717, 1.165) is 11.0 Å². The fraction of sp³-hybridized carbons (Fsp3) is 0.308. The zero-order valence-electron chi connectivity index (χ0n) is 10.0. The molecule has 4 nitrogen and oxygen atoms in total. The number of furan rings is 1. The maximum absolute atomic E-state index is 12.2. The summed E-state index contributed by atoms with van der Waals surface area (Å²) in [5, 5.41) is 0.841. The Bertz CT molecular complexity index is 533. The van der Waals surface area contributed by atoms with E-state index < -0.39 is 0 Å². The molecule has 0 radical (unpaired) electrons. The molecule has 0 unspecified atom stereocenters. The lowest BCUT2D eigenvalue weighted by Crippen LogP contribution is -2.39. The molecule has 90 valence electrons. The summed E-state index contributed by atoms with van der Waals surface area (Å²) in [7, 11) is 1.75. The number of rotatable bonds is 3. The minimum absolute atomic E-state index is 0.0103. The van der Waals surface area contributed by atoms with Gasteiger partial charge < -0.3 is 15.1 Å². The van der Waals surface area contributed by atoms with Gasteiger partial charge in [0.25, 0.3) is 5.91 Å². The molecule has 1 aromatic carbocycles. The van der Waals surface area contributed by atoms with Gasteiger partial charge in [0.05, 0.1) is 5.56 Å². The summed E-state index contributed by atoms with van der Waals surface area (Å²) in [5.74, 6) is -0.0621. The second-order valence-corrected chi connectivity index (χ2v) is 4.15. The smallest absolute Gasteiger partial charge is 0.257 e. The van der Waals surface area contributed by atoms with Crippen molar-refractivity contribution < 1.29 is 9.21 Å². The van der Waals surface area contributed by atoms with Crippen molar-refractivity contribution in [3.8, 4) is 0 Å². The van der Waals surface area contributed by atoms with Crippen LogP contribution in [-0.4, -0.2) is 30.4 Å². The molecular weight excluding hydrogens is 216 g/mol. The first-order chi connectivity index (χ1) is 8.15. The molecule has 17 heavy (non-hydrogen) atoms. The van der Waals surface area contributed by atoms with E-state index in [1.165, 1.54) is 6.26 Å². The third-order valence-corrected chi connectivity index (χ3v) is 3.03. The molecule has 0 aliphatic heterocycles. The van der Waals surface area contributed by atoms with Crippen molar-refractivity contribution >= 4 is 16.9 Å². The molecular formula is C13H16N2O2. The maximum Gasteiger partial charge on any atom is 0.257 e. The van der Waals surface area contributed by atoms with Crippen LogP contribution in [0.3, 0.4) is 0 Å². The molecule has 0 saturated heterocycles. The number of amides is 1. The quantitative estimate of drug-likeness (QED) is 0.878. The highest BCUT2D eigenvalue weighted by Gasteiger charge is 2.20. The predicted molar refractivity (Wildman–Crippen MR) is 66.8 cm³/mol. The largest absolute Gasteiger partial charge is 0.463 e. The van der Waals surface area contributed by atoms with Crippen LogP contribution in [-0.2, 0) is 0 Å². The fourth-order valence-electron chi connectivity index (χ4n) is 1.69. The summed E-state index contributed by atoms with van der Waals surface area (Å²) in [6.45, 7) is 2.36. The van der Waals surface area contributed by atoms with E-state index >= 15 is 0 Å². The standard InChI is InChI=1S/C13H16N2O2/c1-9(7-14)15(2)13(16)11-8-17-12-6-4-3-5-10(11)12/h3-6,8-9H,7,14H2,1-2H3/t9-/m0/s1. The second kappa shape index (κ2) is 4.59. The topological polar surface area (TPSA) is 59.5 Å². The van der Waals surface area contributed by atoms with Gasteiger partial charge >= 0.3 is 0 Å². The summed E-state index contributed by atoms with van der Waals surface area (Å²) in [6.07, 6.45) is 1.51. The molecule has 1 aromatic heterocycles. The number of nitrogens with two attached hydrogens (primary N) is 1. The van der Waals surface area contributed by atoms with Gasteiger partial charge in [-0.3, -0.25) is 4.79 Å². The number of benzene rings is 1. The average Bonchev–Trinajstić information content (AvgIpc) is 2.79. The molecule has 0 spiro atoms. The van der Waals surface area contributed by atoms with Crippen LogP contribution in [0.5, 0.6) is 0 Å². The van der Waals surface area contributed by atoms with E-state index in [1.807, 2.05) is 31.2 Å². The number of fused-ring (bicyclic) bond motifs is 1. The van der Waals surface area contributed by atoms with Gasteiger partial charge in [-0.05, 0) is 13.0 Å². The first-order valence-electron chi connectivity index (χ1n) is 5.58. The highest BCUT2D eigenvalue weighted by atomic mass is 16.3. The van der Waals surface area contributed by atoms with Crippen LogP contribution >= 0.6 is 0 Å². The minimum atomic E-state index is -0.0621. The van der Waals surface area contributed by atoms with Crippen LogP contribution in [0.25, 0.3) is 11.0 Å². The van der Waals surface area contributed by atoms with Gasteiger partial charge in [-0.25, -0.2) is 0 Å². The summed E-state index contributed by atoms with van der Waals surface area (Å²) < 4.78 is 5.35. The zero-order chi connectivity index (χ0) is 12.4. The van der Waals surface area contributed by atoms with Gasteiger partial charge in [-0.2, -0.15) is 0 Å². The summed E-state index contributed by atoms with van der Waals surface area (Å²) in [5.41, 5.74) is 6.87. The average molecular weight is 232 g/mol. The lowest BCUT2D eigenvalue weighted by molar-refractivity contribution is 0.0749. The number of nitrogens with zero attached hydrogens (tertiary/aromatic N) is 1. The van der Waals surface area contributed by atoms with Crippen molar-refractivity contribution in [2.45, 2.75) is 13.0 Å². The summed E-state index contributed by atoms with van der Waals surface area (Å²) in [6, 6.07) is 7.51. The number of carbonyl (C=O) groups is 1. The lowest BCUT2D eigenvalue weighted by Gasteiger charge is -2.23. The Morgan fingerprint density at radius 2 is 2.18 bits per heavy atom. The third kappa shape index (κ3) is 2.03. The SMILES string of the molecule is C[C@@H](CN)N(C)C(=O)c1coc2ccccc12. The summed E-state index contributed by atoms with van der Waals surface area (Å²) >= 11 is 0. The molecule has 2 rings (SSSR count). The second-order valence-electron chi connectivity index (χ2n) is 4.15. The molecule has 0 aliphatic rings. The Morgan fingerprint density at radius 1 is 1.47 bits per heavy atom. The Labute approximate surface area is 100.0 Å². The van der Waals surface area contributed by atoms with Crippen molar-refractivity contribution in [1.29, 1.82) is 0 Å². The molecule has 4 heteroatoms. The number of carbonyl (C=O) groups excluding carboxylic acids is 1. The number of likely N-dealkylation sites (N-methyl/N-ethyl adjacent to an activating group) is 1. The molecule has 0 saturated carbocycles. The molecule has 1 atom stereocenters. The van der Waals surface area contributed by atoms with Crippen molar-refractivity contribution in [2.24, 2.45) is 5.73 Å².